The van der Waals surface area contributed by atoms with Crippen LogP contribution in [0.25, 0.3) is 0 Å². The number of rotatable bonds is 4. The van der Waals surface area contributed by atoms with E-state index < -0.39 is 4.92 Å². The van der Waals surface area contributed by atoms with E-state index in [4.69, 9.17) is 17.3 Å². The fourth-order valence-corrected chi connectivity index (χ4v) is 2.85. The van der Waals surface area contributed by atoms with Crippen LogP contribution in [0, 0.1) is 16.0 Å². The van der Waals surface area contributed by atoms with Crippen molar-refractivity contribution in [1.29, 1.82) is 0 Å². The number of halogens is 1. The molecule has 3 N–H and O–H groups in total. The number of nitrogens with two attached hydrogens (primary N) is 1. The third kappa shape index (κ3) is 3.12. The molecule has 7 heteroatoms. The molecule has 2 unspecified atom stereocenters. The molecule has 1 saturated carbocycles. The molecule has 3 rings (SSSR count). The van der Waals surface area contributed by atoms with Crippen molar-refractivity contribution in [3.8, 4) is 0 Å². The highest BCUT2D eigenvalue weighted by molar-refractivity contribution is 6.30. The highest BCUT2D eigenvalue weighted by Gasteiger charge is 2.44. The third-order valence-corrected chi connectivity index (χ3v) is 4.16. The molecule has 2 aromatic carbocycles. The van der Waals surface area contributed by atoms with Crippen molar-refractivity contribution in [3.05, 3.63) is 63.2 Å². The second-order valence-corrected chi connectivity index (χ2v) is 5.93. The van der Waals surface area contributed by atoms with Crippen molar-refractivity contribution in [2.24, 2.45) is 5.92 Å². The van der Waals surface area contributed by atoms with Gasteiger partial charge in [-0.2, -0.15) is 0 Å². The second kappa shape index (κ2) is 5.89. The molecule has 118 valence electrons. The van der Waals surface area contributed by atoms with Crippen LogP contribution >= 0.6 is 11.6 Å². The van der Waals surface area contributed by atoms with E-state index in [0.717, 1.165) is 5.56 Å². The number of hydrogen-bond donors (Lipinski definition) is 2. The molecule has 0 aliphatic heterocycles. The van der Waals surface area contributed by atoms with Crippen molar-refractivity contribution >= 4 is 34.6 Å². The molecule has 0 spiro atoms. The summed E-state index contributed by atoms with van der Waals surface area (Å²) in [5.74, 6) is -0.415. The van der Waals surface area contributed by atoms with Crippen molar-refractivity contribution in [2.75, 3.05) is 11.1 Å². The van der Waals surface area contributed by atoms with Gasteiger partial charge in [-0.05, 0) is 36.1 Å². The monoisotopic (exact) mass is 331 g/mol. The molecule has 1 fully saturated rings. The third-order valence-electron chi connectivity index (χ3n) is 3.92. The number of anilines is 2. The summed E-state index contributed by atoms with van der Waals surface area (Å²) in [6.07, 6.45) is 0.687. The highest BCUT2D eigenvalue weighted by Crippen LogP contribution is 2.48. The Bertz CT molecular complexity index is 794. The van der Waals surface area contributed by atoms with Gasteiger partial charge in [0.2, 0.25) is 5.91 Å². The van der Waals surface area contributed by atoms with Crippen LogP contribution in [0.1, 0.15) is 17.9 Å². The van der Waals surface area contributed by atoms with Gasteiger partial charge < -0.3 is 11.1 Å². The number of nitrogens with zero attached hydrogens (tertiary/aromatic N) is 1. The molecule has 1 aliphatic carbocycles. The van der Waals surface area contributed by atoms with E-state index in [-0.39, 0.29) is 34.8 Å². The smallest absolute Gasteiger partial charge is 0.294 e. The van der Waals surface area contributed by atoms with E-state index >= 15 is 0 Å². The number of carbonyl (C=O) groups excluding carboxylic acids is 1. The lowest BCUT2D eigenvalue weighted by Gasteiger charge is -2.08. The quantitative estimate of drug-likeness (QED) is 0.508. The van der Waals surface area contributed by atoms with E-state index in [1.54, 1.807) is 6.07 Å². The number of nitrogen functional groups attached to an aromatic ring is 1. The van der Waals surface area contributed by atoms with E-state index in [2.05, 4.69) is 5.32 Å². The standard InChI is InChI=1S/C16H14ClN3O3/c17-10-4-1-3-9(7-10)11-8-12(11)16(21)19-15-13(18)5-2-6-14(15)20(22)23/h1-7,11-12H,8,18H2,(H,19,21). The zero-order valence-electron chi connectivity index (χ0n) is 12.0. The summed E-state index contributed by atoms with van der Waals surface area (Å²) in [4.78, 5) is 22.8. The zero-order chi connectivity index (χ0) is 16.6. The number of hydrogen-bond acceptors (Lipinski definition) is 4. The van der Waals surface area contributed by atoms with E-state index in [1.807, 2.05) is 18.2 Å². The Balaban J connectivity index is 1.76. The minimum Gasteiger partial charge on any atom is -0.397 e. The van der Waals surface area contributed by atoms with Gasteiger partial charge in [0.1, 0.15) is 5.69 Å². The molecular formula is C16H14ClN3O3. The topological polar surface area (TPSA) is 98.3 Å². The first-order valence-corrected chi connectivity index (χ1v) is 7.44. The second-order valence-electron chi connectivity index (χ2n) is 5.49. The Labute approximate surface area is 137 Å². The molecule has 1 amide bonds. The minimum absolute atomic E-state index is 0.0549. The fourth-order valence-electron chi connectivity index (χ4n) is 2.65. The van der Waals surface area contributed by atoms with Crippen LogP contribution in [-0.2, 0) is 4.79 Å². The first-order valence-electron chi connectivity index (χ1n) is 7.06. The van der Waals surface area contributed by atoms with Gasteiger partial charge in [-0.15, -0.1) is 0 Å². The zero-order valence-corrected chi connectivity index (χ0v) is 12.8. The van der Waals surface area contributed by atoms with Crippen LogP contribution in [0.5, 0.6) is 0 Å². The average Bonchev–Trinajstić information content (AvgIpc) is 3.29. The molecule has 0 aromatic heterocycles. The van der Waals surface area contributed by atoms with E-state index in [0.29, 0.717) is 11.4 Å². The maximum Gasteiger partial charge on any atom is 0.294 e. The largest absolute Gasteiger partial charge is 0.397 e. The Kier molecular flexibility index (Phi) is 3.92. The number of nitrogens with one attached hydrogen (secondary N) is 1. The SMILES string of the molecule is Nc1cccc([N+](=O)[O-])c1NC(=O)C1CC1c1cccc(Cl)c1. The molecule has 1 aliphatic rings. The fraction of sp³-hybridized carbons (Fsp3) is 0.188. The summed E-state index contributed by atoms with van der Waals surface area (Å²) in [7, 11) is 0. The van der Waals surface area contributed by atoms with E-state index in [1.165, 1.54) is 18.2 Å². The van der Waals surface area contributed by atoms with Crippen molar-refractivity contribution < 1.29 is 9.72 Å². The Hall–Kier alpha value is -2.60. The predicted molar refractivity (Wildman–Crippen MR) is 88.4 cm³/mol. The van der Waals surface area contributed by atoms with Gasteiger partial charge >= 0.3 is 0 Å². The first-order chi connectivity index (χ1) is 11.0. The summed E-state index contributed by atoms with van der Waals surface area (Å²) < 4.78 is 0. The number of benzene rings is 2. The van der Waals surface area contributed by atoms with Gasteiger partial charge in [-0.25, -0.2) is 0 Å². The average molecular weight is 332 g/mol. The number of amides is 1. The Morgan fingerprint density at radius 3 is 2.74 bits per heavy atom. The summed E-state index contributed by atoms with van der Waals surface area (Å²) in [5, 5.41) is 14.3. The summed E-state index contributed by atoms with van der Waals surface area (Å²) >= 11 is 5.96. The van der Waals surface area contributed by atoms with Crippen molar-refractivity contribution in [3.63, 3.8) is 0 Å². The van der Waals surface area contributed by atoms with Gasteiger partial charge in [-0.1, -0.05) is 29.8 Å². The van der Waals surface area contributed by atoms with Crippen LogP contribution < -0.4 is 11.1 Å². The van der Waals surface area contributed by atoms with Gasteiger partial charge in [0, 0.05) is 17.0 Å². The lowest BCUT2D eigenvalue weighted by atomic mass is 10.1. The van der Waals surface area contributed by atoms with Crippen molar-refractivity contribution in [2.45, 2.75) is 12.3 Å². The normalized spacial score (nSPS) is 19.2. The molecule has 0 saturated heterocycles. The summed E-state index contributed by atoms with van der Waals surface area (Å²) in [6.45, 7) is 0. The highest BCUT2D eigenvalue weighted by atomic mass is 35.5. The molecule has 2 atom stereocenters. The van der Waals surface area contributed by atoms with Crippen molar-refractivity contribution in [1.82, 2.24) is 0 Å². The number of nitro groups is 1. The van der Waals surface area contributed by atoms with Crippen LogP contribution in [0.4, 0.5) is 17.1 Å². The molecule has 0 heterocycles. The van der Waals surface area contributed by atoms with Gasteiger partial charge in [0.05, 0.1) is 10.6 Å². The molecule has 23 heavy (non-hydrogen) atoms. The van der Waals surface area contributed by atoms with E-state index in [9.17, 15) is 14.9 Å². The molecular weight excluding hydrogens is 318 g/mol. The lowest BCUT2D eigenvalue weighted by molar-refractivity contribution is -0.383. The first kappa shape index (κ1) is 15.3. The molecule has 0 bridgehead atoms. The lowest BCUT2D eigenvalue weighted by Crippen LogP contribution is -2.16. The molecule has 2 aromatic rings. The Morgan fingerprint density at radius 1 is 1.30 bits per heavy atom. The number of nitro benzene ring substituents is 1. The van der Waals surface area contributed by atoms with Gasteiger partial charge in [0.25, 0.3) is 5.69 Å². The Morgan fingerprint density at radius 2 is 2.04 bits per heavy atom. The number of carbonyl (C=O) groups is 1. The molecule has 6 nitrogen and oxygen atoms in total. The summed E-state index contributed by atoms with van der Waals surface area (Å²) in [6, 6.07) is 11.7. The maximum atomic E-state index is 12.3. The van der Waals surface area contributed by atoms with Gasteiger partial charge in [0.15, 0.2) is 0 Å². The number of para-hydroxylation sites is 1. The van der Waals surface area contributed by atoms with Crippen LogP contribution in [0.3, 0.4) is 0 Å². The van der Waals surface area contributed by atoms with Crippen LogP contribution in [-0.4, -0.2) is 10.8 Å². The predicted octanol–water partition coefficient (Wildman–Crippen LogP) is 3.57. The maximum absolute atomic E-state index is 12.3. The minimum atomic E-state index is -0.562. The summed E-state index contributed by atoms with van der Waals surface area (Å²) in [5.41, 5.74) is 6.77. The van der Waals surface area contributed by atoms with Crippen LogP contribution in [0.2, 0.25) is 5.02 Å². The van der Waals surface area contributed by atoms with Crippen LogP contribution in [0.15, 0.2) is 42.5 Å². The molecule has 0 radical (unpaired) electrons. The van der Waals surface area contributed by atoms with Gasteiger partial charge in [-0.3, -0.25) is 14.9 Å².